The normalized spacial score (nSPS) is 11.5. The highest BCUT2D eigenvalue weighted by Crippen LogP contribution is 2.32. The highest BCUT2D eigenvalue weighted by Gasteiger charge is 2.22. The summed E-state index contributed by atoms with van der Waals surface area (Å²) in [6.07, 6.45) is 0. The van der Waals surface area contributed by atoms with Gasteiger partial charge in [0.1, 0.15) is 16.4 Å². The molecule has 7 nitrogen and oxygen atoms in total. The standard InChI is InChI=1S/C13H17N3O4S3/c1-8(2)21-13-15-14-12(22-13)16-23(17,18)11-7-9(19-3)5-6-10(11)20-4/h5-8H,1-4H3,(H,14,16). The first-order valence-corrected chi connectivity index (χ1v) is 9.78. The van der Waals surface area contributed by atoms with Crippen molar-refractivity contribution < 1.29 is 17.9 Å². The zero-order valence-electron chi connectivity index (χ0n) is 13.1. The van der Waals surface area contributed by atoms with Crippen LogP contribution in [-0.4, -0.2) is 38.1 Å². The van der Waals surface area contributed by atoms with Gasteiger partial charge in [0, 0.05) is 11.3 Å². The fraction of sp³-hybridized carbons (Fsp3) is 0.385. The first-order chi connectivity index (χ1) is 10.9. The average Bonchev–Trinajstić information content (AvgIpc) is 2.91. The van der Waals surface area contributed by atoms with Crippen molar-refractivity contribution in [1.29, 1.82) is 0 Å². The first-order valence-electron chi connectivity index (χ1n) is 6.60. The van der Waals surface area contributed by atoms with Crippen molar-refractivity contribution in [2.45, 2.75) is 28.3 Å². The second-order valence-corrected chi connectivity index (χ2v) is 9.11. The maximum Gasteiger partial charge on any atom is 0.267 e. The van der Waals surface area contributed by atoms with Gasteiger partial charge in [-0.15, -0.1) is 10.2 Å². The summed E-state index contributed by atoms with van der Waals surface area (Å²) < 4.78 is 38.4. The van der Waals surface area contributed by atoms with Crippen LogP contribution in [0, 0.1) is 0 Å². The molecule has 0 bridgehead atoms. The smallest absolute Gasteiger partial charge is 0.267 e. The molecule has 0 radical (unpaired) electrons. The molecule has 1 N–H and O–H groups in total. The van der Waals surface area contributed by atoms with Crippen molar-refractivity contribution in [3.05, 3.63) is 18.2 Å². The van der Waals surface area contributed by atoms with Crippen LogP contribution in [0.25, 0.3) is 0 Å². The molecule has 0 aliphatic heterocycles. The molecule has 0 aliphatic carbocycles. The Balaban J connectivity index is 2.30. The summed E-state index contributed by atoms with van der Waals surface area (Å²) in [4.78, 5) is -0.0207. The number of thioether (sulfide) groups is 1. The topological polar surface area (TPSA) is 90.4 Å². The molecule has 0 atom stereocenters. The van der Waals surface area contributed by atoms with Gasteiger partial charge in [-0.3, -0.25) is 4.72 Å². The number of anilines is 1. The molecule has 0 fully saturated rings. The molecule has 1 aromatic carbocycles. The minimum absolute atomic E-state index is 0.0207. The van der Waals surface area contributed by atoms with E-state index in [4.69, 9.17) is 9.47 Å². The predicted octanol–water partition coefficient (Wildman–Crippen LogP) is 2.86. The van der Waals surface area contributed by atoms with Crippen molar-refractivity contribution in [2.24, 2.45) is 0 Å². The fourth-order valence-corrected chi connectivity index (χ4v) is 5.05. The maximum atomic E-state index is 12.6. The fourth-order valence-electron chi connectivity index (χ4n) is 1.66. The quantitative estimate of drug-likeness (QED) is 0.744. The number of ether oxygens (including phenoxy) is 2. The Morgan fingerprint density at radius 2 is 1.96 bits per heavy atom. The molecular weight excluding hydrogens is 358 g/mol. The minimum Gasteiger partial charge on any atom is -0.497 e. The molecule has 1 heterocycles. The van der Waals surface area contributed by atoms with E-state index >= 15 is 0 Å². The van der Waals surface area contributed by atoms with Gasteiger partial charge in [0.15, 0.2) is 4.34 Å². The number of benzene rings is 1. The SMILES string of the molecule is COc1ccc(OC)c(S(=O)(=O)Nc2nnc(SC(C)C)s2)c1. The Morgan fingerprint density at radius 1 is 1.22 bits per heavy atom. The van der Waals surface area contributed by atoms with E-state index in [1.165, 1.54) is 49.5 Å². The number of sulfonamides is 1. The average molecular weight is 375 g/mol. The molecule has 0 spiro atoms. The van der Waals surface area contributed by atoms with Gasteiger partial charge in [-0.25, -0.2) is 8.42 Å². The molecule has 0 amide bonds. The van der Waals surface area contributed by atoms with Crippen molar-refractivity contribution in [3.8, 4) is 11.5 Å². The van der Waals surface area contributed by atoms with Gasteiger partial charge in [0.25, 0.3) is 10.0 Å². The molecule has 2 rings (SSSR count). The van der Waals surface area contributed by atoms with Crippen molar-refractivity contribution >= 4 is 38.3 Å². The lowest BCUT2D eigenvalue weighted by Crippen LogP contribution is -2.14. The number of methoxy groups -OCH3 is 2. The van der Waals surface area contributed by atoms with E-state index in [9.17, 15) is 8.42 Å². The van der Waals surface area contributed by atoms with Crippen LogP contribution < -0.4 is 14.2 Å². The lowest BCUT2D eigenvalue weighted by molar-refractivity contribution is 0.392. The van der Waals surface area contributed by atoms with Gasteiger partial charge in [-0.2, -0.15) is 0 Å². The van der Waals surface area contributed by atoms with Crippen molar-refractivity contribution in [2.75, 3.05) is 18.9 Å². The van der Waals surface area contributed by atoms with Gasteiger partial charge < -0.3 is 9.47 Å². The number of hydrogen-bond donors (Lipinski definition) is 1. The molecule has 23 heavy (non-hydrogen) atoms. The number of hydrogen-bond acceptors (Lipinski definition) is 8. The molecule has 10 heteroatoms. The zero-order chi connectivity index (χ0) is 17.0. The van der Waals surface area contributed by atoms with Crippen LogP contribution in [0.1, 0.15) is 13.8 Å². The van der Waals surface area contributed by atoms with E-state index in [1.54, 1.807) is 6.07 Å². The van der Waals surface area contributed by atoms with Crippen LogP contribution in [0.5, 0.6) is 11.5 Å². The van der Waals surface area contributed by atoms with Crippen LogP contribution in [0.15, 0.2) is 27.4 Å². The third-order valence-electron chi connectivity index (χ3n) is 2.62. The summed E-state index contributed by atoms with van der Waals surface area (Å²) in [5.74, 6) is 0.638. The maximum absolute atomic E-state index is 12.6. The molecular formula is C13H17N3O4S3. The second kappa shape index (κ2) is 7.37. The van der Waals surface area contributed by atoms with E-state index in [0.717, 1.165) is 0 Å². The van der Waals surface area contributed by atoms with Gasteiger partial charge in [-0.05, 0) is 12.1 Å². The summed E-state index contributed by atoms with van der Waals surface area (Å²) in [6.45, 7) is 4.05. The lowest BCUT2D eigenvalue weighted by Gasteiger charge is -2.11. The number of rotatable bonds is 7. The van der Waals surface area contributed by atoms with Gasteiger partial charge in [0.2, 0.25) is 5.13 Å². The van der Waals surface area contributed by atoms with E-state index < -0.39 is 10.0 Å². The van der Waals surface area contributed by atoms with Crippen LogP contribution in [-0.2, 0) is 10.0 Å². The van der Waals surface area contributed by atoms with Crippen LogP contribution in [0.2, 0.25) is 0 Å². The summed E-state index contributed by atoms with van der Waals surface area (Å²) >= 11 is 2.70. The molecule has 0 saturated heterocycles. The van der Waals surface area contributed by atoms with E-state index in [0.29, 0.717) is 15.3 Å². The molecule has 0 saturated carbocycles. The third kappa shape index (κ3) is 4.49. The monoisotopic (exact) mass is 375 g/mol. The van der Waals surface area contributed by atoms with Crippen molar-refractivity contribution in [1.82, 2.24) is 10.2 Å². The van der Waals surface area contributed by atoms with Crippen LogP contribution in [0.4, 0.5) is 5.13 Å². The largest absolute Gasteiger partial charge is 0.497 e. The molecule has 1 aromatic heterocycles. The second-order valence-electron chi connectivity index (χ2n) is 4.66. The van der Waals surface area contributed by atoms with Crippen LogP contribution in [0.3, 0.4) is 0 Å². The highest BCUT2D eigenvalue weighted by atomic mass is 32.2. The van der Waals surface area contributed by atoms with E-state index in [-0.39, 0.29) is 15.8 Å². The van der Waals surface area contributed by atoms with Crippen LogP contribution >= 0.6 is 23.1 Å². The summed E-state index contributed by atoms with van der Waals surface area (Å²) in [5, 5.41) is 8.37. The Morgan fingerprint density at radius 3 is 2.57 bits per heavy atom. The van der Waals surface area contributed by atoms with Gasteiger partial charge >= 0.3 is 0 Å². The molecule has 2 aromatic rings. The minimum atomic E-state index is -3.86. The summed E-state index contributed by atoms with van der Waals surface area (Å²) in [7, 11) is -0.990. The molecule has 0 unspecified atom stereocenters. The Bertz CT molecular complexity index is 775. The number of aromatic nitrogens is 2. The van der Waals surface area contributed by atoms with Gasteiger partial charge in [0.05, 0.1) is 14.2 Å². The predicted molar refractivity (Wildman–Crippen MR) is 91.3 cm³/mol. The first kappa shape index (κ1) is 17.8. The number of nitrogens with one attached hydrogen (secondary N) is 1. The molecule has 0 aliphatic rings. The van der Waals surface area contributed by atoms with E-state index in [1.807, 2.05) is 13.8 Å². The lowest BCUT2D eigenvalue weighted by atomic mass is 10.3. The third-order valence-corrected chi connectivity index (χ3v) is 6.04. The molecule has 126 valence electrons. The summed E-state index contributed by atoms with van der Waals surface area (Å²) in [6, 6.07) is 4.56. The number of nitrogens with zero attached hydrogens (tertiary/aromatic N) is 2. The summed E-state index contributed by atoms with van der Waals surface area (Å²) in [5.41, 5.74) is 0. The Kier molecular flexibility index (Phi) is 5.71. The van der Waals surface area contributed by atoms with E-state index in [2.05, 4.69) is 14.9 Å². The Hall–Kier alpha value is -1.52. The zero-order valence-corrected chi connectivity index (χ0v) is 15.5. The Labute approximate surface area is 143 Å². The van der Waals surface area contributed by atoms with Crippen molar-refractivity contribution in [3.63, 3.8) is 0 Å². The van der Waals surface area contributed by atoms with Gasteiger partial charge in [-0.1, -0.05) is 36.9 Å². The highest BCUT2D eigenvalue weighted by molar-refractivity contribution is 8.01.